The number of pyridine rings is 1. The molecule has 0 amide bonds. The first-order chi connectivity index (χ1) is 18.3. The van der Waals surface area contributed by atoms with E-state index in [0.717, 1.165) is 27.3 Å². The van der Waals surface area contributed by atoms with E-state index in [-0.39, 0.29) is 17.1 Å². The number of carboxylic acid groups (broad SMARTS) is 1. The lowest BCUT2D eigenvalue weighted by Gasteiger charge is -2.06. The number of hydrogen-bond donors (Lipinski definition) is 1. The Bertz CT molecular complexity index is 1690. The number of nitrogens with zero attached hydrogens (tertiary/aromatic N) is 2. The van der Waals surface area contributed by atoms with E-state index in [0.29, 0.717) is 34.7 Å². The molecule has 0 spiro atoms. The molecule has 0 bridgehead atoms. The van der Waals surface area contributed by atoms with Crippen LogP contribution in [0.25, 0.3) is 21.3 Å². The lowest BCUT2D eigenvalue weighted by Crippen LogP contribution is -2.10. The standard InChI is InChI=1S/C28H24N2O6S2/c1-35-22-9-10-24-23(15-22)21(8-13-27(31)32)17-30(24)38(33,34)28-14-11-25(37-28)20-7-12-26(29-16-20)36-18-19-5-3-2-4-6-19/h2-7,9-12,14-17H,8,13,18H2,1H3,(H,31,32). The molecule has 0 aliphatic rings. The second-order valence-electron chi connectivity index (χ2n) is 8.51. The van der Waals surface area contributed by atoms with Gasteiger partial charge in [-0.2, -0.15) is 8.42 Å². The van der Waals surface area contributed by atoms with Crippen LogP contribution in [-0.4, -0.2) is 35.6 Å². The van der Waals surface area contributed by atoms with Gasteiger partial charge in [0.2, 0.25) is 5.88 Å². The number of aryl methyl sites for hydroxylation is 1. The van der Waals surface area contributed by atoms with Gasteiger partial charge in [-0.15, -0.1) is 11.3 Å². The third kappa shape index (κ3) is 5.27. The van der Waals surface area contributed by atoms with E-state index >= 15 is 0 Å². The largest absolute Gasteiger partial charge is 0.497 e. The third-order valence-corrected chi connectivity index (χ3v) is 9.29. The number of fused-ring (bicyclic) bond motifs is 1. The zero-order chi connectivity index (χ0) is 26.7. The number of hydrogen-bond acceptors (Lipinski definition) is 7. The molecule has 0 radical (unpaired) electrons. The van der Waals surface area contributed by atoms with Crippen molar-refractivity contribution >= 4 is 38.2 Å². The maximum Gasteiger partial charge on any atom is 0.303 e. The van der Waals surface area contributed by atoms with Crippen molar-refractivity contribution in [3.63, 3.8) is 0 Å². The summed E-state index contributed by atoms with van der Waals surface area (Å²) in [6.07, 6.45) is 3.24. The minimum absolute atomic E-state index is 0.114. The molecule has 3 heterocycles. The fourth-order valence-corrected chi connectivity index (χ4v) is 6.84. The molecule has 194 valence electrons. The molecule has 0 unspecified atom stereocenters. The SMILES string of the molecule is COc1ccc2c(c1)c(CCC(=O)O)cn2S(=O)(=O)c1ccc(-c2ccc(OCc3ccccc3)nc2)s1. The van der Waals surface area contributed by atoms with Crippen LogP contribution in [0.4, 0.5) is 0 Å². The van der Waals surface area contributed by atoms with E-state index in [1.165, 1.54) is 17.3 Å². The minimum Gasteiger partial charge on any atom is -0.497 e. The highest BCUT2D eigenvalue weighted by Crippen LogP contribution is 2.35. The first-order valence-electron chi connectivity index (χ1n) is 11.7. The Morgan fingerprint density at radius 3 is 2.58 bits per heavy atom. The zero-order valence-corrected chi connectivity index (χ0v) is 22.0. The van der Waals surface area contributed by atoms with Crippen molar-refractivity contribution in [2.75, 3.05) is 7.11 Å². The molecule has 0 atom stereocenters. The van der Waals surface area contributed by atoms with Crippen LogP contribution in [0.3, 0.4) is 0 Å². The van der Waals surface area contributed by atoms with Gasteiger partial charge in [0.25, 0.3) is 10.0 Å². The molecule has 10 heteroatoms. The van der Waals surface area contributed by atoms with E-state index < -0.39 is 16.0 Å². The summed E-state index contributed by atoms with van der Waals surface area (Å²) in [4.78, 5) is 16.3. The van der Waals surface area contributed by atoms with Crippen molar-refractivity contribution in [3.8, 4) is 22.1 Å². The van der Waals surface area contributed by atoms with Crippen molar-refractivity contribution in [2.45, 2.75) is 23.7 Å². The lowest BCUT2D eigenvalue weighted by atomic mass is 10.1. The molecule has 38 heavy (non-hydrogen) atoms. The number of carboxylic acids is 1. The Hall–Kier alpha value is -4.15. The van der Waals surface area contributed by atoms with Gasteiger partial charge in [-0.05, 0) is 53.9 Å². The maximum atomic E-state index is 13.7. The van der Waals surface area contributed by atoms with Gasteiger partial charge in [-0.25, -0.2) is 8.96 Å². The molecule has 0 saturated carbocycles. The molecule has 2 aromatic carbocycles. The topological polar surface area (TPSA) is 108 Å². The van der Waals surface area contributed by atoms with E-state index in [1.807, 2.05) is 36.4 Å². The fourth-order valence-electron chi connectivity index (χ4n) is 4.07. The summed E-state index contributed by atoms with van der Waals surface area (Å²) in [5.74, 6) is 0.0844. The number of methoxy groups -OCH3 is 1. The molecular formula is C28H24N2O6S2. The van der Waals surface area contributed by atoms with Crippen LogP contribution in [0.15, 0.2) is 89.4 Å². The average Bonchev–Trinajstić information content (AvgIpc) is 3.58. The first kappa shape index (κ1) is 25.5. The quantitative estimate of drug-likeness (QED) is 0.242. The van der Waals surface area contributed by atoms with Gasteiger partial charge in [0, 0.05) is 40.7 Å². The molecule has 0 saturated heterocycles. The van der Waals surface area contributed by atoms with Crippen molar-refractivity contribution < 1.29 is 27.8 Å². The number of rotatable bonds is 10. The van der Waals surface area contributed by atoms with Gasteiger partial charge in [0.1, 0.15) is 16.6 Å². The van der Waals surface area contributed by atoms with Gasteiger partial charge in [0.05, 0.1) is 12.6 Å². The fraction of sp³-hybridized carbons (Fsp3) is 0.143. The Morgan fingerprint density at radius 1 is 1.05 bits per heavy atom. The lowest BCUT2D eigenvalue weighted by molar-refractivity contribution is -0.136. The zero-order valence-electron chi connectivity index (χ0n) is 20.4. The molecule has 1 N–H and O–H groups in total. The summed E-state index contributed by atoms with van der Waals surface area (Å²) in [6, 6.07) is 21.8. The molecule has 8 nitrogen and oxygen atoms in total. The van der Waals surface area contributed by atoms with Gasteiger partial charge >= 0.3 is 5.97 Å². The number of benzene rings is 2. The maximum absolute atomic E-state index is 13.7. The van der Waals surface area contributed by atoms with Crippen LogP contribution in [0.1, 0.15) is 17.5 Å². The Kier molecular flexibility index (Phi) is 7.17. The number of aliphatic carboxylic acids is 1. The number of ether oxygens (including phenoxy) is 2. The summed E-state index contributed by atoms with van der Waals surface area (Å²) in [7, 11) is -2.41. The van der Waals surface area contributed by atoms with Crippen LogP contribution >= 0.6 is 11.3 Å². The van der Waals surface area contributed by atoms with Crippen LogP contribution < -0.4 is 9.47 Å². The normalized spacial score (nSPS) is 11.5. The summed E-state index contributed by atoms with van der Waals surface area (Å²) in [5, 5.41) is 9.78. The predicted molar refractivity (Wildman–Crippen MR) is 145 cm³/mol. The van der Waals surface area contributed by atoms with Gasteiger partial charge in [0.15, 0.2) is 0 Å². The average molecular weight is 549 g/mol. The molecule has 3 aromatic heterocycles. The third-order valence-electron chi connectivity index (χ3n) is 6.01. The Morgan fingerprint density at radius 2 is 1.87 bits per heavy atom. The summed E-state index contributed by atoms with van der Waals surface area (Å²) in [5.41, 5.74) is 2.89. The second-order valence-corrected chi connectivity index (χ2v) is 11.6. The van der Waals surface area contributed by atoms with Gasteiger partial charge in [-0.3, -0.25) is 4.79 Å². The summed E-state index contributed by atoms with van der Waals surface area (Å²) in [6.45, 7) is 0.403. The molecule has 0 aliphatic carbocycles. The molecule has 0 fully saturated rings. The predicted octanol–water partition coefficient (Wildman–Crippen LogP) is 5.61. The highest BCUT2D eigenvalue weighted by atomic mass is 32.2. The van der Waals surface area contributed by atoms with Crippen molar-refractivity contribution in [2.24, 2.45) is 0 Å². The second kappa shape index (κ2) is 10.7. The monoisotopic (exact) mass is 548 g/mol. The van der Waals surface area contributed by atoms with Crippen molar-refractivity contribution in [1.29, 1.82) is 0 Å². The smallest absolute Gasteiger partial charge is 0.303 e. The van der Waals surface area contributed by atoms with E-state index in [1.54, 1.807) is 42.6 Å². The highest BCUT2D eigenvalue weighted by molar-refractivity contribution is 7.92. The summed E-state index contributed by atoms with van der Waals surface area (Å²) < 4.78 is 39.7. The van der Waals surface area contributed by atoms with Crippen molar-refractivity contribution in [1.82, 2.24) is 8.96 Å². The molecule has 5 rings (SSSR count). The number of carbonyl (C=O) groups is 1. The van der Waals surface area contributed by atoms with Crippen LogP contribution in [0.5, 0.6) is 11.6 Å². The molecular weight excluding hydrogens is 524 g/mol. The highest BCUT2D eigenvalue weighted by Gasteiger charge is 2.24. The first-order valence-corrected chi connectivity index (χ1v) is 14.0. The minimum atomic E-state index is -3.94. The molecule has 5 aromatic rings. The summed E-state index contributed by atoms with van der Waals surface area (Å²) >= 11 is 1.14. The Balaban J connectivity index is 1.41. The Labute approximate surface area is 223 Å². The van der Waals surface area contributed by atoms with Crippen molar-refractivity contribution in [3.05, 3.63) is 96.3 Å². The van der Waals surface area contributed by atoms with Crippen LogP contribution in [0.2, 0.25) is 0 Å². The van der Waals surface area contributed by atoms with Gasteiger partial charge in [-0.1, -0.05) is 30.3 Å². The van der Waals surface area contributed by atoms with Gasteiger partial charge < -0.3 is 14.6 Å². The van der Waals surface area contributed by atoms with Crippen LogP contribution in [0, 0.1) is 0 Å². The number of thiophene rings is 1. The van der Waals surface area contributed by atoms with E-state index in [9.17, 15) is 13.2 Å². The van der Waals surface area contributed by atoms with Crippen LogP contribution in [-0.2, 0) is 27.8 Å². The molecule has 0 aliphatic heterocycles. The van der Waals surface area contributed by atoms with E-state index in [2.05, 4.69) is 4.98 Å². The number of aromatic nitrogens is 2. The van der Waals surface area contributed by atoms with E-state index in [4.69, 9.17) is 14.6 Å².